The van der Waals surface area contributed by atoms with Crippen molar-refractivity contribution in [3.63, 3.8) is 0 Å². The van der Waals surface area contributed by atoms with Crippen LogP contribution in [0.4, 0.5) is 0 Å². The summed E-state index contributed by atoms with van der Waals surface area (Å²) in [6, 6.07) is 14.6. The number of halogens is 1. The first-order chi connectivity index (χ1) is 9.97. The maximum Gasteiger partial charge on any atom is 0.178 e. The minimum absolute atomic E-state index is 0.113. The van der Waals surface area contributed by atoms with Gasteiger partial charge in [0.15, 0.2) is 5.78 Å². The molecule has 4 heteroatoms. The number of carbonyl (C=O) groups is 1. The van der Waals surface area contributed by atoms with Crippen LogP contribution in [-0.2, 0) is 16.6 Å². The molecule has 0 saturated carbocycles. The first-order valence-electron chi connectivity index (χ1n) is 6.70. The van der Waals surface area contributed by atoms with Crippen LogP contribution in [0.25, 0.3) is 0 Å². The standard InChI is InChI=1S/C17H17ClO2S/c1-12-4-3-5-14(10-12)11-21(20)13(2)17(19)15-6-8-16(18)9-7-15/h3-10,13H,11H2,1-2H3. The van der Waals surface area contributed by atoms with E-state index in [0.29, 0.717) is 16.3 Å². The normalized spacial score (nSPS) is 13.7. The highest BCUT2D eigenvalue weighted by Gasteiger charge is 2.21. The fourth-order valence-corrected chi connectivity index (χ4v) is 3.32. The molecule has 2 rings (SSSR count). The zero-order valence-corrected chi connectivity index (χ0v) is 13.6. The van der Waals surface area contributed by atoms with Gasteiger partial charge in [-0.15, -0.1) is 0 Å². The Labute approximate surface area is 132 Å². The molecule has 2 aromatic carbocycles. The monoisotopic (exact) mass is 320 g/mol. The van der Waals surface area contributed by atoms with Crippen molar-refractivity contribution in [3.8, 4) is 0 Å². The van der Waals surface area contributed by atoms with Gasteiger partial charge in [-0.3, -0.25) is 9.00 Å². The molecule has 0 aliphatic heterocycles. The number of ketones is 1. The van der Waals surface area contributed by atoms with Crippen molar-refractivity contribution in [1.82, 2.24) is 0 Å². The second-order valence-corrected chi connectivity index (χ2v) is 7.22. The molecule has 0 aliphatic carbocycles. The number of benzene rings is 2. The molecule has 0 heterocycles. The van der Waals surface area contributed by atoms with Gasteiger partial charge in [-0.05, 0) is 43.7 Å². The van der Waals surface area contributed by atoms with Gasteiger partial charge in [0.1, 0.15) is 0 Å². The molecule has 21 heavy (non-hydrogen) atoms. The first kappa shape index (κ1) is 15.9. The van der Waals surface area contributed by atoms with E-state index in [-0.39, 0.29) is 5.78 Å². The summed E-state index contributed by atoms with van der Waals surface area (Å²) >= 11 is 5.81. The van der Waals surface area contributed by atoms with Crippen molar-refractivity contribution in [1.29, 1.82) is 0 Å². The minimum atomic E-state index is -1.24. The molecule has 0 saturated heterocycles. The second kappa shape index (κ2) is 7.01. The van der Waals surface area contributed by atoms with E-state index in [9.17, 15) is 9.00 Å². The summed E-state index contributed by atoms with van der Waals surface area (Å²) in [5.74, 6) is 0.278. The summed E-state index contributed by atoms with van der Waals surface area (Å²) in [5.41, 5.74) is 2.66. The van der Waals surface area contributed by atoms with Crippen LogP contribution >= 0.6 is 11.6 Å². The van der Waals surface area contributed by atoms with Crippen LogP contribution in [-0.4, -0.2) is 15.2 Å². The zero-order valence-electron chi connectivity index (χ0n) is 12.0. The summed E-state index contributed by atoms with van der Waals surface area (Å²) in [6.45, 7) is 3.71. The van der Waals surface area contributed by atoms with Gasteiger partial charge in [-0.25, -0.2) is 0 Å². The zero-order chi connectivity index (χ0) is 15.4. The maximum atomic E-state index is 12.4. The molecule has 2 aromatic rings. The Kier molecular flexibility index (Phi) is 5.32. The van der Waals surface area contributed by atoms with Crippen LogP contribution in [0.5, 0.6) is 0 Å². The van der Waals surface area contributed by atoms with E-state index in [1.165, 1.54) is 0 Å². The van der Waals surface area contributed by atoms with Crippen LogP contribution < -0.4 is 0 Å². The van der Waals surface area contributed by atoms with Crippen molar-refractivity contribution in [2.24, 2.45) is 0 Å². The molecule has 0 radical (unpaired) electrons. The van der Waals surface area contributed by atoms with Crippen LogP contribution in [0.3, 0.4) is 0 Å². The van der Waals surface area contributed by atoms with E-state index in [1.807, 2.05) is 31.2 Å². The van der Waals surface area contributed by atoms with Gasteiger partial charge in [0.2, 0.25) is 0 Å². The van der Waals surface area contributed by atoms with E-state index in [4.69, 9.17) is 11.6 Å². The molecule has 0 bridgehead atoms. The van der Waals surface area contributed by atoms with E-state index in [0.717, 1.165) is 11.1 Å². The predicted molar refractivity (Wildman–Crippen MR) is 88.3 cm³/mol. The topological polar surface area (TPSA) is 34.1 Å². The Morgan fingerprint density at radius 1 is 1.19 bits per heavy atom. The third-order valence-electron chi connectivity index (χ3n) is 3.28. The van der Waals surface area contributed by atoms with Crippen LogP contribution in [0.15, 0.2) is 48.5 Å². The Morgan fingerprint density at radius 2 is 1.86 bits per heavy atom. The fraction of sp³-hybridized carbons (Fsp3) is 0.235. The SMILES string of the molecule is Cc1cccc(CS(=O)C(C)C(=O)c2ccc(Cl)cc2)c1. The lowest BCUT2D eigenvalue weighted by atomic mass is 10.1. The molecule has 0 N–H and O–H groups in total. The van der Waals surface area contributed by atoms with Crippen molar-refractivity contribution >= 4 is 28.2 Å². The van der Waals surface area contributed by atoms with Gasteiger partial charge in [0.25, 0.3) is 0 Å². The second-order valence-electron chi connectivity index (χ2n) is 5.03. The number of Topliss-reactive ketones (excluding diaryl/α,β-unsaturated/α-hetero) is 1. The lowest BCUT2D eigenvalue weighted by Gasteiger charge is -2.11. The van der Waals surface area contributed by atoms with Crippen molar-refractivity contribution in [2.45, 2.75) is 24.9 Å². The van der Waals surface area contributed by atoms with E-state index >= 15 is 0 Å². The Bertz CT molecular complexity index is 665. The van der Waals surface area contributed by atoms with Crippen molar-refractivity contribution in [3.05, 3.63) is 70.2 Å². The first-order valence-corrected chi connectivity index (χ1v) is 8.46. The molecule has 0 amide bonds. The van der Waals surface area contributed by atoms with Crippen LogP contribution in [0.2, 0.25) is 5.02 Å². The minimum Gasteiger partial charge on any atom is -0.293 e. The largest absolute Gasteiger partial charge is 0.293 e. The van der Waals surface area contributed by atoms with Gasteiger partial charge in [0.05, 0.1) is 5.25 Å². The average Bonchev–Trinajstić information content (AvgIpc) is 2.46. The molecular weight excluding hydrogens is 304 g/mol. The summed E-state index contributed by atoms with van der Waals surface area (Å²) in [7, 11) is -1.24. The maximum absolute atomic E-state index is 12.4. The number of rotatable bonds is 5. The third kappa shape index (κ3) is 4.26. The molecule has 0 aromatic heterocycles. The third-order valence-corrected chi connectivity index (χ3v) is 5.16. The van der Waals surface area contributed by atoms with Crippen LogP contribution in [0.1, 0.15) is 28.4 Å². The van der Waals surface area contributed by atoms with Gasteiger partial charge in [0, 0.05) is 27.1 Å². The number of carbonyl (C=O) groups excluding carboxylic acids is 1. The smallest absolute Gasteiger partial charge is 0.178 e. The van der Waals surface area contributed by atoms with Crippen LogP contribution in [0, 0.1) is 6.92 Å². The molecule has 0 spiro atoms. The van der Waals surface area contributed by atoms with Gasteiger partial charge in [-0.2, -0.15) is 0 Å². The van der Waals surface area contributed by atoms with Crippen molar-refractivity contribution < 1.29 is 9.00 Å². The van der Waals surface area contributed by atoms with Gasteiger partial charge >= 0.3 is 0 Å². The Balaban J connectivity index is 2.08. The molecule has 0 aliphatic rings. The highest BCUT2D eigenvalue weighted by molar-refractivity contribution is 7.85. The molecule has 0 fully saturated rings. The summed E-state index contributed by atoms with van der Waals surface area (Å²) in [6.07, 6.45) is 0. The number of hydrogen-bond donors (Lipinski definition) is 0. The van der Waals surface area contributed by atoms with Crippen molar-refractivity contribution in [2.75, 3.05) is 0 Å². The molecule has 110 valence electrons. The molecule has 2 unspecified atom stereocenters. The quantitative estimate of drug-likeness (QED) is 0.775. The predicted octanol–water partition coefficient (Wildman–Crippen LogP) is 4.17. The number of hydrogen-bond acceptors (Lipinski definition) is 2. The Morgan fingerprint density at radius 3 is 2.48 bits per heavy atom. The molecular formula is C17H17ClO2S. The summed E-state index contributed by atoms with van der Waals surface area (Å²) in [5, 5.41) is 0.0479. The van der Waals surface area contributed by atoms with E-state index in [1.54, 1.807) is 31.2 Å². The van der Waals surface area contributed by atoms with Gasteiger partial charge in [-0.1, -0.05) is 41.4 Å². The van der Waals surface area contributed by atoms with E-state index in [2.05, 4.69) is 0 Å². The highest BCUT2D eigenvalue weighted by atomic mass is 35.5. The lowest BCUT2D eigenvalue weighted by molar-refractivity contribution is 0.0992. The van der Waals surface area contributed by atoms with Gasteiger partial charge < -0.3 is 0 Å². The molecule has 2 atom stereocenters. The Hall–Kier alpha value is -1.45. The highest BCUT2D eigenvalue weighted by Crippen LogP contribution is 2.15. The summed E-state index contributed by atoms with van der Waals surface area (Å²) in [4.78, 5) is 12.3. The lowest BCUT2D eigenvalue weighted by Crippen LogP contribution is -2.23. The average molecular weight is 321 g/mol. The molecule has 2 nitrogen and oxygen atoms in total. The number of aryl methyl sites for hydroxylation is 1. The van der Waals surface area contributed by atoms with E-state index < -0.39 is 16.0 Å². The fourth-order valence-electron chi connectivity index (χ4n) is 2.06. The summed E-state index contributed by atoms with van der Waals surface area (Å²) < 4.78 is 12.4.